The Morgan fingerprint density at radius 1 is 0.600 bits per heavy atom. The number of nitrogens with two attached hydrogens (primary N) is 4. The average molecular weight is 490 g/mol. The van der Waals surface area contributed by atoms with Gasteiger partial charge < -0.3 is 22.9 Å². The van der Waals surface area contributed by atoms with Gasteiger partial charge in [0.15, 0.2) is 24.3 Å². The zero-order chi connectivity index (χ0) is 26.7. The van der Waals surface area contributed by atoms with E-state index in [2.05, 4.69) is 63.6 Å². The van der Waals surface area contributed by atoms with Crippen LogP contribution in [0, 0.1) is 33.7 Å². The van der Waals surface area contributed by atoms with Crippen molar-refractivity contribution in [2.75, 3.05) is 26.2 Å². The minimum atomic E-state index is 0.0607. The van der Waals surface area contributed by atoms with Crippen LogP contribution in [0.4, 0.5) is 0 Å². The minimum Gasteiger partial charge on any atom is -0.370 e. The van der Waals surface area contributed by atoms with Crippen molar-refractivity contribution < 1.29 is 0 Å². The van der Waals surface area contributed by atoms with Gasteiger partial charge in [-0.15, -0.1) is 0 Å². The van der Waals surface area contributed by atoms with Crippen molar-refractivity contribution in [3.63, 3.8) is 0 Å². The molecule has 196 valence electrons. The van der Waals surface area contributed by atoms with E-state index < -0.39 is 0 Å². The van der Waals surface area contributed by atoms with Crippen LogP contribution in [-0.2, 0) is 0 Å². The van der Waals surface area contributed by atoms with E-state index in [1.165, 1.54) is 0 Å². The second-order valence-electron chi connectivity index (χ2n) is 9.70. The molecule has 0 saturated carbocycles. The Morgan fingerprint density at radius 2 is 0.943 bits per heavy atom. The summed E-state index contributed by atoms with van der Waals surface area (Å²) in [5.74, 6) is 0.751. The molecule has 0 heterocycles. The SMILES string of the molecule is CC(C)(CCCN=C(N)NC#N)CCN=C(N)NC(N)=NCCC(C)(C)CCCN=C(N)NC#N. The molecular formula is C22H43N13. The second kappa shape index (κ2) is 16.8. The van der Waals surface area contributed by atoms with Crippen molar-refractivity contribution in [3.8, 4) is 12.4 Å². The Kier molecular flexibility index (Phi) is 15.0. The van der Waals surface area contributed by atoms with E-state index in [9.17, 15) is 0 Å². The summed E-state index contributed by atoms with van der Waals surface area (Å²) in [5.41, 5.74) is 23.0. The van der Waals surface area contributed by atoms with Crippen molar-refractivity contribution in [3.05, 3.63) is 0 Å². The molecule has 35 heavy (non-hydrogen) atoms. The first-order valence-electron chi connectivity index (χ1n) is 11.7. The molecule has 0 spiro atoms. The van der Waals surface area contributed by atoms with Crippen LogP contribution >= 0.6 is 0 Å². The fourth-order valence-corrected chi connectivity index (χ4v) is 3.13. The molecule has 0 radical (unpaired) electrons. The maximum atomic E-state index is 8.48. The highest BCUT2D eigenvalue weighted by Gasteiger charge is 2.18. The van der Waals surface area contributed by atoms with Crippen LogP contribution in [0.25, 0.3) is 0 Å². The zero-order valence-corrected chi connectivity index (χ0v) is 21.6. The van der Waals surface area contributed by atoms with E-state index in [0.717, 1.165) is 38.5 Å². The molecule has 0 fully saturated rings. The summed E-state index contributed by atoms with van der Waals surface area (Å²) < 4.78 is 0. The van der Waals surface area contributed by atoms with E-state index in [1.54, 1.807) is 12.4 Å². The molecule has 0 aromatic rings. The van der Waals surface area contributed by atoms with E-state index in [0.29, 0.717) is 26.2 Å². The van der Waals surface area contributed by atoms with Crippen molar-refractivity contribution in [2.24, 2.45) is 53.7 Å². The van der Waals surface area contributed by atoms with E-state index >= 15 is 0 Å². The molecule has 13 nitrogen and oxygen atoms in total. The van der Waals surface area contributed by atoms with Gasteiger partial charge in [-0.2, -0.15) is 10.5 Å². The monoisotopic (exact) mass is 489 g/mol. The smallest absolute Gasteiger partial charge is 0.202 e. The lowest BCUT2D eigenvalue weighted by Gasteiger charge is -2.23. The number of nitrogens with zero attached hydrogens (tertiary/aromatic N) is 6. The first kappa shape index (κ1) is 31.3. The molecule has 0 amide bonds. The molecule has 0 aliphatic heterocycles. The third kappa shape index (κ3) is 18.4. The fraction of sp³-hybridized carbons (Fsp3) is 0.727. The largest absolute Gasteiger partial charge is 0.370 e. The van der Waals surface area contributed by atoms with Crippen LogP contribution in [0.5, 0.6) is 0 Å². The van der Waals surface area contributed by atoms with E-state index in [1.807, 2.05) is 0 Å². The predicted octanol–water partition coefficient (Wildman–Crippen LogP) is 0.369. The maximum absolute atomic E-state index is 8.48. The zero-order valence-electron chi connectivity index (χ0n) is 21.6. The van der Waals surface area contributed by atoms with Gasteiger partial charge in [0.25, 0.3) is 0 Å². The summed E-state index contributed by atoms with van der Waals surface area (Å²) in [7, 11) is 0. The van der Waals surface area contributed by atoms with Crippen LogP contribution in [-0.4, -0.2) is 50.0 Å². The summed E-state index contributed by atoms with van der Waals surface area (Å²) in [6.07, 6.45) is 8.76. The maximum Gasteiger partial charge on any atom is 0.202 e. The van der Waals surface area contributed by atoms with Crippen molar-refractivity contribution in [2.45, 2.75) is 66.2 Å². The number of nitriles is 2. The Labute approximate surface area is 209 Å². The molecule has 0 rings (SSSR count). The molecule has 0 unspecified atom stereocenters. The number of nitrogens with one attached hydrogen (secondary N) is 3. The number of guanidine groups is 4. The summed E-state index contributed by atoms with van der Waals surface area (Å²) in [5, 5.41) is 24.4. The number of hydrogen-bond donors (Lipinski definition) is 7. The molecule has 0 aliphatic rings. The van der Waals surface area contributed by atoms with Crippen LogP contribution < -0.4 is 38.9 Å². The fourth-order valence-electron chi connectivity index (χ4n) is 3.13. The third-order valence-corrected chi connectivity index (χ3v) is 5.35. The molecular weight excluding hydrogens is 446 g/mol. The van der Waals surface area contributed by atoms with Crippen molar-refractivity contribution in [1.82, 2.24) is 16.0 Å². The molecule has 0 bridgehead atoms. The highest BCUT2D eigenvalue weighted by molar-refractivity contribution is 5.97. The quantitative estimate of drug-likeness (QED) is 0.0585. The van der Waals surface area contributed by atoms with Crippen LogP contribution in [0.3, 0.4) is 0 Å². The molecule has 0 aromatic heterocycles. The first-order chi connectivity index (χ1) is 16.4. The number of hydrogen-bond acceptors (Lipinski definition) is 6. The molecule has 0 atom stereocenters. The van der Waals surface area contributed by atoms with Gasteiger partial charge in [-0.3, -0.25) is 35.9 Å². The highest BCUT2D eigenvalue weighted by atomic mass is 15.2. The van der Waals surface area contributed by atoms with E-state index in [4.69, 9.17) is 33.5 Å². The summed E-state index contributed by atoms with van der Waals surface area (Å²) in [4.78, 5) is 16.9. The van der Waals surface area contributed by atoms with Crippen molar-refractivity contribution in [1.29, 1.82) is 10.5 Å². The summed E-state index contributed by atoms with van der Waals surface area (Å²) in [6.45, 7) is 10.9. The Balaban J connectivity index is 4.30. The Morgan fingerprint density at radius 3 is 1.29 bits per heavy atom. The van der Waals surface area contributed by atoms with Gasteiger partial charge >= 0.3 is 0 Å². The van der Waals surface area contributed by atoms with Crippen LogP contribution in [0.15, 0.2) is 20.0 Å². The van der Waals surface area contributed by atoms with Gasteiger partial charge in [0, 0.05) is 26.2 Å². The van der Waals surface area contributed by atoms with Gasteiger partial charge in [-0.05, 0) is 49.4 Å². The lowest BCUT2D eigenvalue weighted by Crippen LogP contribution is -2.42. The highest BCUT2D eigenvalue weighted by Crippen LogP contribution is 2.27. The summed E-state index contributed by atoms with van der Waals surface area (Å²) in [6, 6.07) is 0. The third-order valence-electron chi connectivity index (χ3n) is 5.35. The Hall–Kier alpha value is -3.74. The van der Waals surface area contributed by atoms with Gasteiger partial charge in [0.2, 0.25) is 11.9 Å². The average Bonchev–Trinajstić information content (AvgIpc) is 2.74. The lowest BCUT2D eigenvalue weighted by atomic mass is 9.84. The second-order valence-corrected chi connectivity index (χ2v) is 9.70. The number of rotatable bonds is 14. The molecule has 0 saturated heterocycles. The Bertz CT molecular complexity index is 757. The molecule has 11 N–H and O–H groups in total. The molecule has 0 aromatic carbocycles. The van der Waals surface area contributed by atoms with Crippen molar-refractivity contribution >= 4 is 23.8 Å². The topological polar surface area (TPSA) is 237 Å². The van der Waals surface area contributed by atoms with Gasteiger partial charge in [-0.1, -0.05) is 27.7 Å². The van der Waals surface area contributed by atoms with Gasteiger partial charge in [0.1, 0.15) is 0 Å². The first-order valence-corrected chi connectivity index (χ1v) is 11.7. The van der Waals surface area contributed by atoms with E-state index in [-0.39, 0.29) is 34.7 Å². The van der Waals surface area contributed by atoms with Crippen LogP contribution in [0.1, 0.15) is 66.2 Å². The predicted molar refractivity (Wildman–Crippen MR) is 142 cm³/mol. The minimum absolute atomic E-state index is 0.0607. The summed E-state index contributed by atoms with van der Waals surface area (Å²) >= 11 is 0. The normalized spacial score (nSPS) is 13.7. The standard InChI is InChI=1S/C22H43N13/c1-21(2,7-5-11-29-17(25)33-15-23)9-13-31-19(27)35-20(28)32-14-10-22(3,4)8-6-12-30-18(26)34-16-24/h5-14H2,1-4H3,(H3,25,29,33)(H3,26,30,34)(H5,27,28,31,32,35). The number of aliphatic imine (C=N–C) groups is 4. The van der Waals surface area contributed by atoms with Crippen LogP contribution in [0.2, 0.25) is 0 Å². The van der Waals surface area contributed by atoms with Gasteiger partial charge in [0.05, 0.1) is 0 Å². The molecule has 0 aliphatic carbocycles. The lowest BCUT2D eigenvalue weighted by molar-refractivity contribution is 0.307. The van der Waals surface area contributed by atoms with Gasteiger partial charge in [-0.25, -0.2) is 0 Å². The molecule has 13 heteroatoms.